The van der Waals surface area contributed by atoms with Gasteiger partial charge in [0.1, 0.15) is 11.2 Å². The number of hydrogen-bond acceptors (Lipinski definition) is 7. The van der Waals surface area contributed by atoms with Crippen LogP contribution in [0, 0.1) is 0 Å². The SMILES string of the molecule is C[B]c1cccc(C(=O)Nc2cc3oc(N4CCOCC4)nc3cc2NC2CC2)n1. The molecule has 1 aromatic carbocycles. The van der Waals surface area contributed by atoms with Crippen LogP contribution in [-0.2, 0) is 4.74 Å². The smallest absolute Gasteiger partial charge is 0.298 e. The fraction of sp³-hybridized carbons (Fsp3) is 0.381. The third kappa shape index (κ3) is 3.98. The molecule has 0 atom stereocenters. The summed E-state index contributed by atoms with van der Waals surface area (Å²) in [6, 6.07) is 10.2. The molecule has 0 spiro atoms. The van der Waals surface area contributed by atoms with Gasteiger partial charge in [-0.2, -0.15) is 4.98 Å². The van der Waals surface area contributed by atoms with Gasteiger partial charge in [0, 0.05) is 25.2 Å². The molecule has 1 radical (unpaired) electrons. The quantitative estimate of drug-likeness (QED) is 0.609. The van der Waals surface area contributed by atoms with E-state index in [0.717, 1.165) is 42.7 Å². The monoisotopic (exact) mass is 404 g/mol. The second kappa shape index (κ2) is 7.99. The average Bonchev–Trinajstić information content (AvgIpc) is 3.51. The highest BCUT2D eigenvalue weighted by Gasteiger charge is 2.24. The van der Waals surface area contributed by atoms with E-state index in [1.165, 1.54) is 0 Å². The standard InChI is InChI=1S/C21H23BN5O3/c1-22-19-4-2-3-14(24-19)20(28)25-16-12-18-17(11-15(16)23-13-5-6-13)26-21(30-18)27-7-9-29-10-8-27/h2-4,11-13,23H,5-10H2,1H3,(H,25,28). The van der Waals surface area contributed by atoms with Gasteiger partial charge in [0.2, 0.25) is 0 Å². The van der Waals surface area contributed by atoms with Gasteiger partial charge in [-0.1, -0.05) is 19.0 Å². The first-order valence-electron chi connectivity index (χ1n) is 10.3. The Hall–Kier alpha value is -3.07. The topological polar surface area (TPSA) is 92.5 Å². The zero-order valence-corrected chi connectivity index (χ0v) is 16.9. The molecule has 1 aliphatic heterocycles. The van der Waals surface area contributed by atoms with Crippen molar-refractivity contribution in [2.45, 2.75) is 25.7 Å². The van der Waals surface area contributed by atoms with E-state index in [2.05, 4.69) is 25.5 Å². The molecule has 1 saturated heterocycles. The normalized spacial score (nSPS) is 16.5. The highest BCUT2D eigenvalue weighted by Crippen LogP contribution is 2.35. The number of nitrogens with zero attached hydrogens (tertiary/aromatic N) is 3. The lowest BCUT2D eigenvalue weighted by atomic mass is 9.77. The number of benzene rings is 1. The molecule has 2 N–H and O–H groups in total. The largest absolute Gasteiger partial charge is 0.423 e. The summed E-state index contributed by atoms with van der Waals surface area (Å²) in [7, 11) is 1.87. The molecule has 153 valence electrons. The average molecular weight is 404 g/mol. The molecule has 1 aliphatic carbocycles. The van der Waals surface area contributed by atoms with Crippen molar-refractivity contribution in [1.29, 1.82) is 0 Å². The van der Waals surface area contributed by atoms with Gasteiger partial charge in [0.25, 0.3) is 11.9 Å². The number of pyridine rings is 1. The van der Waals surface area contributed by atoms with Gasteiger partial charge in [-0.15, -0.1) is 0 Å². The summed E-state index contributed by atoms with van der Waals surface area (Å²) in [5.41, 5.74) is 4.04. The molecule has 2 aliphatic rings. The molecule has 30 heavy (non-hydrogen) atoms. The van der Waals surface area contributed by atoms with Crippen molar-refractivity contribution < 1.29 is 13.9 Å². The molecule has 0 unspecified atom stereocenters. The molecule has 2 aromatic heterocycles. The minimum atomic E-state index is -0.259. The van der Waals surface area contributed by atoms with Gasteiger partial charge in [-0.05, 0) is 30.6 Å². The van der Waals surface area contributed by atoms with Crippen molar-refractivity contribution in [3.05, 3.63) is 36.0 Å². The van der Waals surface area contributed by atoms with Crippen molar-refractivity contribution in [3.63, 3.8) is 0 Å². The summed E-state index contributed by atoms with van der Waals surface area (Å²) in [6.07, 6.45) is 2.25. The summed E-state index contributed by atoms with van der Waals surface area (Å²) < 4.78 is 11.4. The Bertz CT molecular complexity index is 1080. The van der Waals surface area contributed by atoms with E-state index < -0.39 is 0 Å². The van der Waals surface area contributed by atoms with Crippen LogP contribution in [0.4, 0.5) is 17.4 Å². The van der Waals surface area contributed by atoms with Gasteiger partial charge >= 0.3 is 0 Å². The highest BCUT2D eigenvalue weighted by molar-refractivity contribution is 6.50. The summed E-state index contributed by atoms with van der Waals surface area (Å²) in [6.45, 7) is 4.72. The number of carbonyl (C=O) groups excluding carboxylic acids is 1. The van der Waals surface area contributed by atoms with Gasteiger partial charge in [-0.25, -0.2) is 0 Å². The third-order valence-electron chi connectivity index (χ3n) is 5.28. The molecular formula is C21H23BN5O3. The molecule has 1 amide bonds. The van der Waals surface area contributed by atoms with Crippen molar-refractivity contribution >= 4 is 47.3 Å². The van der Waals surface area contributed by atoms with E-state index in [4.69, 9.17) is 9.15 Å². The number of ether oxygens (including phenoxy) is 1. The number of anilines is 3. The third-order valence-corrected chi connectivity index (χ3v) is 5.28. The van der Waals surface area contributed by atoms with Gasteiger partial charge in [0.15, 0.2) is 12.9 Å². The molecule has 5 rings (SSSR count). The summed E-state index contributed by atoms with van der Waals surface area (Å²) in [5.74, 6) is -0.259. The molecule has 8 nitrogen and oxygen atoms in total. The van der Waals surface area contributed by atoms with E-state index >= 15 is 0 Å². The van der Waals surface area contributed by atoms with Crippen LogP contribution in [-0.4, -0.2) is 55.5 Å². The van der Waals surface area contributed by atoms with Crippen molar-refractivity contribution in [2.24, 2.45) is 0 Å². The number of morpholine rings is 1. The Labute approximate surface area is 175 Å². The predicted octanol–water partition coefficient (Wildman–Crippen LogP) is 2.26. The molecule has 3 aromatic rings. The molecule has 1 saturated carbocycles. The number of fused-ring (bicyclic) bond motifs is 1. The summed E-state index contributed by atoms with van der Waals surface area (Å²) >= 11 is 0. The minimum absolute atomic E-state index is 0.259. The molecule has 0 bridgehead atoms. The lowest BCUT2D eigenvalue weighted by Gasteiger charge is -2.24. The first-order valence-corrected chi connectivity index (χ1v) is 10.3. The van der Waals surface area contributed by atoms with Crippen molar-refractivity contribution in [1.82, 2.24) is 9.97 Å². The Kier molecular flexibility index (Phi) is 5.04. The molecule has 2 fully saturated rings. The van der Waals surface area contributed by atoms with Crippen LogP contribution in [0.1, 0.15) is 23.3 Å². The van der Waals surface area contributed by atoms with Crippen LogP contribution in [0.15, 0.2) is 34.7 Å². The first kappa shape index (κ1) is 18.9. The van der Waals surface area contributed by atoms with Crippen LogP contribution >= 0.6 is 0 Å². The number of hydrogen-bond donors (Lipinski definition) is 2. The lowest BCUT2D eigenvalue weighted by Crippen LogP contribution is -2.36. The number of aromatic nitrogens is 2. The maximum absolute atomic E-state index is 12.8. The second-order valence-corrected chi connectivity index (χ2v) is 7.57. The fourth-order valence-corrected chi connectivity index (χ4v) is 3.45. The summed E-state index contributed by atoms with van der Waals surface area (Å²) in [5, 5.41) is 6.48. The first-order chi connectivity index (χ1) is 14.7. The minimum Gasteiger partial charge on any atom is -0.423 e. The van der Waals surface area contributed by atoms with Crippen LogP contribution in [0.5, 0.6) is 0 Å². The van der Waals surface area contributed by atoms with E-state index in [1.807, 2.05) is 38.4 Å². The van der Waals surface area contributed by atoms with E-state index in [1.54, 1.807) is 6.07 Å². The van der Waals surface area contributed by atoms with Crippen molar-refractivity contribution in [2.75, 3.05) is 41.8 Å². The lowest BCUT2D eigenvalue weighted by molar-refractivity contribution is 0.102. The number of amides is 1. The van der Waals surface area contributed by atoms with E-state index in [9.17, 15) is 4.79 Å². The van der Waals surface area contributed by atoms with E-state index in [0.29, 0.717) is 42.2 Å². The van der Waals surface area contributed by atoms with Gasteiger partial charge in [0.05, 0.1) is 24.6 Å². The Balaban J connectivity index is 1.46. The number of nitrogens with one attached hydrogen (secondary N) is 2. The zero-order valence-electron chi connectivity index (χ0n) is 16.9. The maximum Gasteiger partial charge on any atom is 0.298 e. The van der Waals surface area contributed by atoms with Crippen LogP contribution in [0.2, 0.25) is 6.82 Å². The summed E-state index contributed by atoms with van der Waals surface area (Å²) in [4.78, 5) is 24.0. The maximum atomic E-state index is 12.8. The van der Waals surface area contributed by atoms with Crippen LogP contribution in [0.25, 0.3) is 11.1 Å². The Morgan fingerprint density at radius 3 is 2.77 bits per heavy atom. The number of oxazole rings is 1. The number of carbonyl (C=O) groups is 1. The Morgan fingerprint density at radius 2 is 2.00 bits per heavy atom. The molecular weight excluding hydrogens is 381 g/mol. The van der Waals surface area contributed by atoms with Gasteiger partial charge < -0.3 is 24.7 Å². The molecule has 9 heteroatoms. The second-order valence-electron chi connectivity index (χ2n) is 7.57. The number of rotatable bonds is 6. The highest BCUT2D eigenvalue weighted by atomic mass is 16.5. The van der Waals surface area contributed by atoms with Crippen LogP contribution in [0.3, 0.4) is 0 Å². The Morgan fingerprint density at radius 1 is 1.17 bits per heavy atom. The molecule has 3 heterocycles. The predicted molar refractivity (Wildman–Crippen MR) is 117 cm³/mol. The van der Waals surface area contributed by atoms with Gasteiger partial charge in [-0.3, -0.25) is 9.78 Å². The van der Waals surface area contributed by atoms with Crippen LogP contribution < -0.4 is 21.1 Å². The van der Waals surface area contributed by atoms with E-state index in [-0.39, 0.29) is 5.91 Å². The zero-order chi connectivity index (χ0) is 20.5. The van der Waals surface area contributed by atoms with Crippen molar-refractivity contribution in [3.8, 4) is 0 Å². The fourth-order valence-electron chi connectivity index (χ4n) is 3.45.